The van der Waals surface area contributed by atoms with E-state index in [0.29, 0.717) is 12.2 Å². The van der Waals surface area contributed by atoms with Crippen molar-refractivity contribution in [3.8, 4) is 11.6 Å². The van der Waals surface area contributed by atoms with E-state index in [1.165, 1.54) is 19.1 Å². The van der Waals surface area contributed by atoms with Gasteiger partial charge >= 0.3 is 7.12 Å². The zero-order valence-electron chi connectivity index (χ0n) is 18.2. The zero-order chi connectivity index (χ0) is 24.0. The number of nitrogens with one attached hydrogen (secondary N) is 2. The third-order valence-electron chi connectivity index (χ3n) is 5.53. The van der Waals surface area contributed by atoms with Crippen LogP contribution in [-0.4, -0.2) is 59.7 Å². The van der Waals surface area contributed by atoms with Crippen molar-refractivity contribution < 1.29 is 33.1 Å². The van der Waals surface area contributed by atoms with Crippen molar-refractivity contribution in [2.75, 3.05) is 0 Å². The molecule has 3 atom stereocenters. The third-order valence-corrected chi connectivity index (χ3v) is 6.96. The molecule has 1 aromatic carbocycles. The van der Waals surface area contributed by atoms with Gasteiger partial charge in [0, 0.05) is 6.07 Å². The molecule has 1 heterocycles. The van der Waals surface area contributed by atoms with Gasteiger partial charge in [-0.25, -0.2) is 13.4 Å². The number of ether oxygens (including phenoxy) is 1. The number of amides is 1. The van der Waals surface area contributed by atoms with Gasteiger partial charge in [0.1, 0.15) is 16.7 Å². The second kappa shape index (κ2) is 11.1. The number of aliphatic hydroxyl groups is 1. The van der Waals surface area contributed by atoms with E-state index in [9.17, 15) is 28.4 Å². The highest BCUT2D eigenvalue weighted by atomic mass is 32.2. The summed E-state index contributed by atoms with van der Waals surface area (Å²) in [5.41, 5.74) is 0. The van der Waals surface area contributed by atoms with Crippen molar-refractivity contribution in [1.29, 1.82) is 0 Å². The molecule has 1 aliphatic rings. The van der Waals surface area contributed by atoms with E-state index >= 15 is 0 Å². The molecule has 0 aliphatic heterocycles. The van der Waals surface area contributed by atoms with Crippen molar-refractivity contribution in [2.45, 2.75) is 55.6 Å². The number of pyridine rings is 1. The summed E-state index contributed by atoms with van der Waals surface area (Å²) in [7, 11) is -6.03. The predicted octanol–water partition coefficient (Wildman–Crippen LogP) is 0.589. The summed E-state index contributed by atoms with van der Waals surface area (Å²) in [5.74, 6) is -0.845. The third kappa shape index (κ3) is 6.99. The molecule has 1 aromatic heterocycles. The van der Waals surface area contributed by atoms with Crippen LogP contribution in [0.15, 0.2) is 53.6 Å². The van der Waals surface area contributed by atoms with Crippen molar-refractivity contribution in [3.05, 3.63) is 48.7 Å². The van der Waals surface area contributed by atoms with Gasteiger partial charge in [-0.3, -0.25) is 4.79 Å². The molecular weight excluding hydrogens is 449 g/mol. The molecule has 12 heteroatoms. The number of aliphatic hydroxyl groups excluding tert-OH is 1. The fourth-order valence-electron chi connectivity index (χ4n) is 3.42. The molecule has 1 fully saturated rings. The van der Waals surface area contributed by atoms with Crippen LogP contribution in [0.4, 0.5) is 0 Å². The quantitative estimate of drug-likeness (QED) is 0.294. The van der Waals surface area contributed by atoms with Crippen LogP contribution in [-0.2, 0) is 14.8 Å². The number of aromatic nitrogens is 1. The molecule has 0 unspecified atom stereocenters. The van der Waals surface area contributed by atoms with E-state index < -0.39 is 41.1 Å². The Balaban J connectivity index is 1.67. The lowest BCUT2D eigenvalue weighted by atomic mass is 9.69. The van der Waals surface area contributed by atoms with Gasteiger partial charge in [0.2, 0.25) is 21.8 Å². The largest absolute Gasteiger partial charge is 0.475 e. The molecule has 10 nitrogen and oxygen atoms in total. The number of carbonyl (C=O) groups excluding carboxylic acids is 1. The molecule has 2 aromatic rings. The first-order valence-electron chi connectivity index (χ1n) is 10.7. The second-order valence-corrected chi connectivity index (χ2v) is 9.86. The van der Waals surface area contributed by atoms with Gasteiger partial charge < -0.3 is 25.2 Å². The lowest BCUT2D eigenvalue weighted by Crippen LogP contribution is -2.57. The molecule has 0 saturated heterocycles. The fourth-order valence-corrected chi connectivity index (χ4v) is 4.63. The molecule has 33 heavy (non-hydrogen) atoms. The molecular formula is C21H28BN3O7S. The first-order chi connectivity index (χ1) is 15.7. The summed E-state index contributed by atoms with van der Waals surface area (Å²) in [5, 5.41) is 31.7. The molecule has 5 N–H and O–H groups in total. The highest BCUT2D eigenvalue weighted by molar-refractivity contribution is 7.89. The topological polar surface area (TPSA) is 158 Å². The average molecular weight is 477 g/mol. The first-order valence-corrected chi connectivity index (χ1v) is 12.2. The van der Waals surface area contributed by atoms with Gasteiger partial charge in [0.05, 0.1) is 18.2 Å². The van der Waals surface area contributed by atoms with Crippen LogP contribution >= 0.6 is 0 Å². The maximum atomic E-state index is 12.8. The van der Waals surface area contributed by atoms with Gasteiger partial charge in [0.25, 0.3) is 0 Å². The number of carbonyl (C=O) groups is 1. The Bertz CT molecular complexity index is 1020. The Hall–Kier alpha value is -2.51. The number of sulfonamides is 1. The number of hydrogen-bond acceptors (Lipinski definition) is 8. The van der Waals surface area contributed by atoms with Crippen molar-refractivity contribution in [2.24, 2.45) is 5.92 Å². The Labute approximate surface area is 193 Å². The van der Waals surface area contributed by atoms with Gasteiger partial charge in [-0.2, -0.15) is 4.72 Å². The van der Waals surface area contributed by atoms with Crippen LogP contribution < -0.4 is 14.8 Å². The van der Waals surface area contributed by atoms with Crippen LogP contribution in [0.25, 0.3) is 0 Å². The lowest BCUT2D eigenvalue weighted by molar-refractivity contribution is -0.125. The van der Waals surface area contributed by atoms with E-state index in [1.54, 1.807) is 24.3 Å². The summed E-state index contributed by atoms with van der Waals surface area (Å²) in [6.07, 6.45) is 2.97. The molecule has 1 aliphatic carbocycles. The molecule has 0 spiro atoms. The van der Waals surface area contributed by atoms with Gasteiger partial charge in [-0.05, 0) is 37.5 Å². The van der Waals surface area contributed by atoms with Gasteiger partial charge in [-0.15, -0.1) is 0 Å². The summed E-state index contributed by atoms with van der Waals surface area (Å²) >= 11 is 0. The molecule has 0 radical (unpaired) electrons. The monoisotopic (exact) mass is 477 g/mol. The number of benzene rings is 1. The van der Waals surface area contributed by atoms with Crippen LogP contribution in [0, 0.1) is 5.92 Å². The molecule has 178 valence electrons. The van der Waals surface area contributed by atoms with E-state index in [-0.39, 0.29) is 16.7 Å². The Morgan fingerprint density at radius 3 is 2.42 bits per heavy atom. The smallest absolute Gasteiger partial charge is 0.439 e. The zero-order valence-corrected chi connectivity index (χ0v) is 19.0. The first kappa shape index (κ1) is 25.1. The van der Waals surface area contributed by atoms with Crippen LogP contribution in [0.1, 0.15) is 32.6 Å². The van der Waals surface area contributed by atoms with Crippen LogP contribution in [0.3, 0.4) is 0 Å². The van der Waals surface area contributed by atoms with E-state index in [2.05, 4.69) is 15.0 Å². The Morgan fingerprint density at radius 2 is 1.91 bits per heavy atom. The number of hydrogen-bond donors (Lipinski definition) is 5. The standard InChI is InChI=1S/C21H28BN3O7S/c1-14(26)20(21(27)24-18(22(28)29)12-15-6-5-7-15)25-33(30,31)17-10-11-19(23-13-17)32-16-8-3-2-4-9-16/h2-4,8-11,13-15,18,20,25-26,28-29H,5-7,12H2,1H3,(H,24,27)/t14-,18-,20-/m0/s1. The summed E-state index contributed by atoms with van der Waals surface area (Å²) in [6.45, 7) is 1.26. The van der Waals surface area contributed by atoms with Gasteiger partial charge in [-0.1, -0.05) is 37.5 Å². The van der Waals surface area contributed by atoms with Gasteiger partial charge in [0.15, 0.2) is 0 Å². The lowest BCUT2D eigenvalue weighted by Gasteiger charge is -2.31. The molecule has 0 bridgehead atoms. The highest BCUT2D eigenvalue weighted by Crippen LogP contribution is 2.30. The second-order valence-electron chi connectivity index (χ2n) is 8.15. The SMILES string of the molecule is C[C@H](O)[C@H](NS(=O)(=O)c1ccc(Oc2ccccc2)nc1)C(=O)N[C@@H](CC1CCC1)B(O)O. The minimum atomic E-state index is -4.23. The molecule has 1 amide bonds. The number of para-hydroxylation sites is 1. The maximum absolute atomic E-state index is 12.8. The van der Waals surface area contributed by atoms with E-state index in [1.807, 2.05) is 6.07 Å². The minimum Gasteiger partial charge on any atom is -0.439 e. The Kier molecular flexibility index (Phi) is 8.43. The summed E-state index contributed by atoms with van der Waals surface area (Å²) < 4.78 is 33.3. The fraction of sp³-hybridized carbons (Fsp3) is 0.429. The normalized spacial score (nSPS) is 16.8. The number of rotatable bonds is 11. The van der Waals surface area contributed by atoms with Crippen LogP contribution in [0.5, 0.6) is 11.6 Å². The highest BCUT2D eigenvalue weighted by Gasteiger charge is 2.35. The molecule has 3 rings (SSSR count). The molecule has 1 saturated carbocycles. The van der Waals surface area contributed by atoms with Crippen LogP contribution in [0.2, 0.25) is 0 Å². The predicted molar refractivity (Wildman–Crippen MR) is 121 cm³/mol. The van der Waals surface area contributed by atoms with Crippen molar-refractivity contribution >= 4 is 23.0 Å². The maximum Gasteiger partial charge on any atom is 0.475 e. The number of nitrogens with zero attached hydrogens (tertiary/aromatic N) is 1. The summed E-state index contributed by atoms with van der Waals surface area (Å²) in [4.78, 5) is 16.5. The van der Waals surface area contributed by atoms with E-state index in [0.717, 1.165) is 25.5 Å². The van der Waals surface area contributed by atoms with E-state index in [4.69, 9.17) is 4.74 Å². The van der Waals surface area contributed by atoms with Crippen molar-refractivity contribution in [3.63, 3.8) is 0 Å². The summed E-state index contributed by atoms with van der Waals surface area (Å²) in [6, 6.07) is 9.93. The average Bonchev–Trinajstić information content (AvgIpc) is 2.74. The minimum absolute atomic E-state index is 0.181. The Morgan fingerprint density at radius 1 is 1.21 bits per heavy atom. The van der Waals surface area contributed by atoms with Crippen molar-refractivity contribution in [1.82, 2.24) is 15.0 Å².